The fourth-order valence-corrected chi connectivity index (χ4v) is 1.92. The van der Waals surface area contributed by atoms with Crippen LogP contribution in [0, 0.1) is 5.92 Å². The van der Waals surface area contributed by atoms with Crippen molar-refractivity contribution in [1.29, 1.82) is 0 Å². The number of hydrogen-bond donors (Lipinski definition) is 1. The maximum absolute atomic E-state index is 11.9. The number of hydrogen-bond acceptors (Lipinski definition) is 2. The lowest BCUT2D eigenvalue weighted by atomic mass is 9.97. The summed E-state index contributed by atoms with van der Waals surface area (Å²) in [4.78, 5) is 13.7. The van der Waals surface area contributed by atoms with Gasteiger partial charge in [-0.25, -0.2) is 0 Å². The van der Waals surface area contributed by atoms with E-state index >= 15 is 0 Å². The van der Waals surface area contributed by atoms with Crippen molar-refractivity contribution in [2.45, 2.75) is 66.0 Å². The number of rotatable bonds is 8. The van der Waals surface area contributed by atoms with Gasteiger partial charge in [-0.05, 0) is 32.6 Å². The molecule has 0 radical (unpaired) electrons. The molecule has 0 rings (SSSR count). The Morgan fingerprint density at radius 1 is 1.18 bits per heavy atom. The van der Waals surface area contributed by atoms with Gasteiger partial charge in [-0.3, -0.25) is 4.79 Å². The van der Waals surface area contributed by atoms with Crippen molar-refractivity contribution < 1.29 is 4.79 Å². The fraction of sp³-hybridized carbons (Fsp3) is 0.929. The molecule has 0 spiro atoms. The van der Waals surface area contributed by atoms with Crippen molar-refractivity contribution in [1.82, 2.24) is 10.2 Å². The average molecular weight is 242 g/mol. The molecular weight excluding hydrogens is 212 g/mol. The molecule has 0 aliphatic rings. The molecular formula is C14H30N2O. The van der Waals surface area contributed by atoms with Crippen LogP contribution in [0.25, 0.3) is 0 Å². The summed E-state index contributed by atoms with van der Waals surface area (Å²) in [6, 6.07) is 0.378. The Bertz CT molecular complexity index is 218. The Balaban J connectivity index is 4.22. The number of nitrogens with one attached hydrogen (secondary N) is 1. The van der Waals surface area contributed by atoms with Crippen LogP contribution in [-0.2, 0) is 4.79 Å². The van der Waals surface area contributed by atoms with Crippen molar-refractivity contribution in [2.24, 2.45) is 5.92 Å². The molecule has 1 amide bonds. The first-order valence-electron chi connectivity index (χ1n) is 6.97. The normalized spacial score (nSPS) is 16.4. The molecule has 0 fully saturated rings. The first-order chi connectivity index (χ1) is 7.96. The number of amides is 1. The van der Waals surface area contributed by atoms with Crippen LogP contribution in [0.1, 0.15) is 53.9 Å². The summed E-state index contributed by atoms with van der Waals surface area (Å²) in [7, 11) is 1.86. The van der Waals surface area contributed by atoms with Gasteiger partial charge in [-0.2, -0.15) is 0 Å². The van der Waals surface area contributed by atoms with Crippen LogP contribution in [0.2, 0.25) is 0 Å². The van der Waals surface area contributed by atoms with Crippen molar-refractivity contribution in [3.8, 4) is 0 Å². The molecule has 0 aromatic carbocycles. The number of carbonyl (C=O) groups excluding carboxylic acids is 1. The molecule has 3 heteroatoms. The van der Waals surface area contributed by atoms with Crippen molar-refractivity contribution in [3.63, 3.8) is 0 Å². The maximum atomic E-state index is 11.9. The third kappa shape index (κ3) is 6.06. The lowest BCUT2D eigenvalue weighted by Crippen LogP contribution is -2.47. The summed E-state index contributed by atoms with van der Waals surface area (Å²) >= 11 is 0. The summed E-state index contributed by atoms with van der Waals surface area (Å²) in [5, 5.41) is 3.46. The number of likely N-dealkylation sites (N-methyl/N-ethyl adjacent to an activating group) is 1. The van der Waals surface area contributed by atoms with E-state index in [1.165, 1.54) is 6.42 Å². The van der Waals surface area contributed by atoms with Gasteiger partial charge in [0.2, 0.25) is 5.91 Å². The molecule has 102 valence electrons. The maximum Gasteiger partial charge on any atom is 0.239 e. The zero-order valence-corrected chi connectivity index (χ0v) is 12.4. The van der Waals surface area contributed by atoms with Gasteiger partial charge >= 0.3 is 0 Å². The minimum atomic E-state index is -0.0750. The second-order valence-electron chi connectivity index (χ2n) is 5.10. The molecule has 3 atom stereocenters. The van der Waals surface area contributed by atoms with Gasteiger partial charge < -0.3 is 10.2 Å². The van der Waals surface area contributed by atoms with Gasteiger partial charge in [-0.15, -0.1) is 0 Å². The lowest BCUT2D eigenvalue weighted by Gasteiger charge is -2.26. The summed E-state index contributed by atoms with van der Waals surface area (Å²) < 4.78 is 0. The van der Waals surface area contributed by atoms with Crippen LogP contribution in [0.15, 0.2) is 0 Å². The van der Waals surface area contributed by atoms with Crippen molar-refractivity contribution >= 4 is 5.91 Å². The topological polar surface area (TPSA) is 32.3 Å². The van der Waals surface area contributed by atoms with Crippen molar-refractivity contribution in [2.75, 3.05) is 13.6 Å². The van der Waals surface area contributed by atoms with E-state index in [0.29, 0.717) is 6.04 Å². The number of carbonyl (C=O) groups is 1. The van der Waals surface area contributed by atoms with E-state index in [1.807, 2.05) is 20.9 Å². The van der Waals surface area contributed by atoms with E-state index < -0.39 is 0 Å². The highest BCUT2D eigenvalue weighted by atomic mass is 16.2. The summed E-state index contributed by atoms with van der Waals surface area (Å²) in [5.41, 5.74) is 0. The second kappa shape index (κ2) is 8.51. The van der Waals surface area contributed by atoms with E-state index in [2.05, 4.69) is 26.1 Å². The molecule has 0 aliphatic carbocycles. The zero-order chi connectivity index (χ0) is 13.4. The van der Waals surface area contributed by atoms with Crippen LogP contribution in [-0.4, -0.2) is 36.5 Å². The van der Waals surface area contributed by atoms with E-state index in [0.717, 1.165) is 25.3 Å². The fourth-order valence-electron chi connectivity index (χ4n) is 1.92. The minimum absolute atomic E-state index is 0.0750. The molecule has 17 heavy (non-hydrogen) atoms. The van der Waals surface area contributed by atoms with E-state index in [-0.39, 0.29) is 11.9 Å². The highest BCUT2D eigenvalue weighted by Gasteiger charge is 2.20. The first kappa shape index (κ1) is 16.4. The van der Waals surface area contributed by atoms with Gasteiger partial charge in [0.15, 0.2) is 0 Å². The standard InChI is InChI=1S/C14H30N2O/c1-7-11(4)10-13(8-2)15-12(5)14(17)16(6)9-3/h11-13,15H,7-10H2,1-6H3. The van der Waals surface area contributed by atoms with Crippen molar-refractivity contribution in [3.05, 3.63) is 0 Å². The summed E-state index contributed by atoms with van der Waals surface area (Å²) in [5.74, 6) is 0.911. The monoisotopic (exact) mass is 242 g/mol. The molecule has 0 aromatic heterocycles. The van der Waals surface area contributed by atoms with Gasteiger partial charge in [0, 0.05) is 19.6 Å². The van der Waals surface area contributed by atoms with Crippen LogP contribution >= 0.6 is 0 Å². The van der Waals surface area contributed by atoms with Crippen LogP contribution in [0.3, 0.4) is 0 Å². The molecule has 0 aromatic rings. The van der Waals surface area contributed by atoms with Crippen LogP contribution in [0.4, 0.5) is 0 Å². The second-order valence-corrected chi connectivity index (χ2v) is 5.10. The molecule has 3 unspecified atom stereocenters. The first-order valence-corrected chi connectivity index (χ1v) is 6.97. The van der Waals surface area contributed by atoms with Crippen LogP contribution in [0.5, 0.6) is 0 Å². The SMILES string of the molecule is CCC(C)CC(CC)NC(C)C(=O)N(C)CC. The molecule has 0 aliphatic heterocycles. The number of nitrogens with zero attached hydrogens (tertiary/aromatic N) is 1. The Hall–Kier alpha value is -0.570. The summed E-state index contributed by atoms with van der Waals surface area (Å²) in [6.07, 6.45) is 3.44. The van der Waals surface area contributed by atoms with Gasteiger partial charge in [-0.1, -0.05) is 27.2 Å². The third-order valence-electron chi connectivity index (χ3n) is 3.58. The van der Waals surface area contributed by atoms with E-state index in [1.54, 1.807) is 4.90 Å². The molecule has 0 bridgehead atoms. The van der Waals surface area contributed by atoms with E-state index in [9.17, 15) is 4.79 Å². The zero-order valence-electron chi connectivity index (χ0n) is 12.4. The smallest absolute Gasteiger partial charge is 0.239 e. The minimum Gasteiger partial charge on any atom is -0.345 e. The molecule has 3 nitrogen and oxygen atoms in total. The average Bonchev–Trinajstić information content (AvgIpc) is 2.35. The molecule has 0 saturated carbocycles. The third-order valence-corrected chi connectivity index (χ3v) is 3.58. The summed E-state index contributed by atoms with van der Waals surface area (Å²) in [6.45, 7) is 11.4. The highest BCUT2D eigenvalue weighted by molar-refractivity contribution is 5.81. The molecule has 1 N–H and O–H groups in total. The highest BCUT2D eigenvalue weighted by Crippen LogP contribution is 2.12. The van der Waals surface area contributed by atoms with Crippen LogP contribution < -0.4 is 5.32 Å². The van der Waals surface area contributed by atoms with Gasteiger partial charge in [0.05, 0.1) is 6.04 Å². The Labute approximate surface area is 107 Å². The van der Waals surface area contributed by atoms with Gasteiger partial charge in [0.1, 0.15) is 0 Å². The molecule has 0 heterocycles. The quantitative estimate of drug-likeness (QED) is 0.709. The lowest BCUT2D eigenvalue weighted by molar-refractivity contribution is -0.131. The van der Waals surface area contributed by atoms with Gasteiger partial charge in [0.25, 0.3) is 0 Å². The predicted molar refractivity (Wildman–Crippen MR) is 74.1 cm³/mol. The Kier molecular flexibility index (Phi) is 8.23. The van der Waals surface area contributed by atoms with E-state index in [4.69, 9.17) is 0 Å². The Morgan fingerprint density at radius 3 is 2.18 bits per heavy atom. The molecule has 0 saturated heterocycles. The Morgan fingerprint density at radius 2 is 1.76 bits per heavy atom. The predicted octanol–water partition coefficient (Wildman–Crippen LogP) is 2.66. The largest absolute Gasteiger partial charge is 0.345 e.